The van der Waals surface area contributed by atoms with Crippen molar-refractivity contribution in [3.05, 3.63) is 35.5 Å². The third-order valence-electron chi connectivity index (χ3n) is 5.63. The van der Waals surface area contributed by atoms with E-state index < -0.39 is 0 Å². The summed E-state index contributed by atoms with van der Waals surface area (Å²) < 4.78 is 0. The number of likely N-dealkylation sites (tertiary alicyclic amines) is 1. The fourth-order valence-corrected chi connectivity index (χ4v) is 4.61. The predicted octanol–water partition coefficient (Wildman–Crippen LogP) is 1.73. The van der Waals surface area contributed by atoms with Gasteiger partial charge in [-0.05, 0) is 55.2 Å². The molecule has 0 spiro atoms. The van der Waals surface area contributed by atoms with Crippen LogP contribution in [0.1, 0.15) is 23.5 Å². The molecule has 4 N–H and O–H groups in total. The van der Waals surface area contributed by atoms with Crippen molar-refractivity contribution in [2.75, 3.05) is 27.2 Å². The summed E-state index contributed by atoms with van der Waals surface area (Å²) in [5.74, 6) is 1.22. The van der Waals surface area contributed by atoms with Gasteiger partial charge in [-0.1, -0.05) is 12.1 Å². The quantitative estimate of drug-likeness (QED) is 0.505. The van der Waals surface area contributed by atoms with E-state index in [9.17, 15) is 0 Å². The lowest BCUT2D eigenvalue weighted by atomic mass is 9.72. The Morgan fingerprint density at radius 1 is 1.42 bits per heavy atom. The van der Waals surface area contributed by atoms with Crippen molar-refractivity contribution in [1.29, 1.82) is 0 Å². The molecular weight excluding hydrogens is 318 g/mol. The molecule has 0 bridgehead atoms. The summed E-state index contributed by atoms with van der Waals surface area (Å²) in [5, 5.41) is 5.03. The summed E-state index contributed by atoms with van der Waals surface area (Å²) >= 11 is 5.12. The molecule has 6 heteroatoms. The Kier molecular flexibility index (Phi) is 4.20. The summed E-state index contributed by atoms with van der Waals surface area (Å²) in [6.45, 7) is 2.04. The first-order valence-electron chi connectivity index (χ1n) is 8.67. The van der Waals surface area contributed by atoms with E-state index in [2.05, 4.69) is 57.5 Å². The van der Waals surface area contributed by atoms with E-state index in [-0.39, 0.29) is 0 Å². The van der Waals surface area contributed by atoms with E-state index in [0.717, 1.165) is 19.5 Å². The lowest BCUT2D eigenvalue weighted by Gasteiger charge is -2.45. The van der Waals surface area contributed by atoms with Gasteiger partial charge >= 0.3 is 0 Å². The molecule has 1 aromatic heterocycles. The SMILES string of the molecule is CNC(=S)NNC[C@@H]1CC2c3cccc4[nH]cc(c34)C[C@H]2N(C)C1. The van der Waals surface area contributed by atoms with Gasteiger partial charge in [0.2, 0.25) is 0 Å². The van der Waals surface area contributed by atoms with Gasteiger partial charge in [0.25, 0.3) is 0 Å². The molecule has 24 heavy (non-hydrogen) atoms. The van der Waals surface area contributed by atoms with Gasteiger partial charge in [-0.25, -0.2) is 5.43 Å². The Hall–Kier alpha value is -1.63. The molecule has 3 atom stereocenters. The molecule has 1 saturated heterocycles. The number of aromatic amines is 1. The second-order valence-corrected chi connectivity index (χ2v) is 7.50. The van der Waals surface area contributed by atoms with Crippen LogP contribution in [0.2, 0.25) is 0 Å². The minimum atomic E-state index is 0.610. The smallest absolute Gasteiger partial charge is 0.180 e. The number of fused-ring (bicyclic) bond motifs is 2. The highest BCUT2D eigenvalue weighted by Gasteiger charge is 2.39. The second kappa shape index (κ2) is 6.35. The number of hydrazine groups is 1. The first-order valence-corrected chi connectivity index (χ1v) is 9.08. The summed E-state index contributed by atoms with van der Waals surface area (Å²) in [7, 11) is 4.10. The maximum atomic E-state index is 5.12. The van der Waals surface area contributed by atoms with E-state index in [1.54, 1.807) is 0 Å². The number of thiocarbonyl (C=S) groups is 1. The third kappa shape index (κ3) is 2.68. The minimum Gasteiger partial charge on any atom is -0.365 e. The zero-order chi connectivity index (χ0) is 16.7. The van der Waals surface area contributed by atoms with Crippen molar-refractivity contribution in [3.63, 3.8) is 0 Å². The van der Waals surface area contributed by atoms with E-state index in [1.165, 1.54) is 28.5 Å². The van der Waals surface area contributed by atoms with Crippen molar-refractivity contribution in [3.8, 4) is 0 Å². The standard InChI is InChI=1S/C18H25N5S/c1-19-18(24)22-21-8-11-6-14-13-4-3-5-15-17(13)12(9-20-15)7-16(14)23(2)10-11/h3-5,9,11,14,16,20-21H,6-8,10H2,1-2H3,(H2,19,22,24)/t11-,14?,16+/m0/s1. The van der Waals surface area contributed by atoms with Crippen LogP contribution in [-0.4, -0.2) is 48.2 Å². The highest BCUT2D eigenvalue weighted by Crippen LogP contribution is 2.44. The van der Waals surface area contributed by atoms with Crippen LogP contribution in [0.5, 0.6) is 0 Å². The molecule has 0 saturated carbocycles. The van der Waals surface area contributed by atoms with Gasteiger partial charge in [-0.15, -0.1) is 0 Å². The lowest BCUT2D eigenvalue weighted by Crippen LogP contribution is -2.52. The monoisotopic (exact) mass is 343 g/mol. The van der Waals surface area contributed by atoms with Gasteiger partial charge in [0.05, 0.1) is 0 Å². The van der Waals surface area contributed by atoms with Crippen LogP contribution in [0, 0.1) is 5.92 Å². The maximum Gasteiger partial charge on any atom is 0.180 e. The van der Waals surface area contributed by atoms with Crippen LogP contribution in [-0.2, 0) is 6.42 Å². The van der Waals surface area contributed by atoms with Crippen LogP contribution in [0.15, 0.2) is 24.4 Å². The van der Waals surface area contributed by atoms with Crippen LogP contribution in [0.4, 0.5) is 0 Å². The van der Waals surface area contributed by atoms with Gasteiger partial charge < -0.3 is 15.2 Å². The van der Waals surface area contributed by atoms with Gasteiger partial charge in [0.15, 0.2) is 5.11 Å². The number of aromatic nitrogens is 1. The second-order valence-electron chi connectivity index (χ2n) is 7.09. The first-order chi connectivity index (χ1) is 11.7. The van der Waals surface area contributed by atoms with Gasteiger partial charge in [-0.2, -0.15) is 0 Å². The Morgan fingerprint density at radius 2 is 2.29 bits per heavy atom. The van der Waals surface area contributed by atoms with Crippen LogP contribution in [0.25, 0.3) is 10.9 Å². The molecule has 2 aliphatic rings. The van der Waals surface area contributed by atoms with Gasteiger partial charge in [-0.3, -0.25) is 5.43 Å². The number of hydrogen-bond acceptors (Lipinski definition) is 3. The number of likely N-dealkylation sites (N-methyl/N-ethyl adjacent to an activating group) is 1. The molecule has 1 aromatic carbocycles. The fraction of sp³-hybridized carbons (Fsp3) is 0.500. The van der Waals surface area contributed by atoms with Gasteiger partial charge in [0.1, 0.15) is 0 Å². The lowest BCUT2D eigenvalue weighted by molar-refractivity contribution is 0.110. The molecule has 1 aliphatic carbocycles. The number of piperidine rings is 1. The molecule has 4 rings (SSSR count). The van der Waals surface area contributed by atoms with Crippen molar-refractivity contribution < 1.29 is 0 Å². The zero-order valence-electron chi connectivity index (χ0n) is 14.2. The number of nitrogens with zero attached hydrogens (tertiary/aromatic N) is 1. The highest BCUT2D eigenvalue weighted by molar-refractivity contribution is 7.80. The summed E-state index contributed by atoms with van der Waals surface area (Å²) in [6, 6.07) is 7.32. The average Bonchev–Trinajstić information content (AvgIpc) is 3.00. The van der Waals surface area contributed by atoms with E-state index in [4.69, 9.17) is 12.2 Å². The highest BCUT2D eigenvalue weighted by atomic mass is 32.1. The third-order valence-corrected chi connectivity index (χ3v) is 5.94. The Labute approximate surface area is 148 Å². The Balaban J connectivity index is 1.54. The molecule has 2 aromatic rings. The average molecular weight is 344 g/mol. The number of H-pyrrole nitrogens is 1. The summed E-state index contributed by atoms with van der Waals surface area (Å²) in [4.78, 5) is 5.99. The van der Waals surface area contributed by atoms with E-state index >= 15 is 0 Å². The fourth-order valence-electron chi connectivity index (χ4n) is 4.54. The Bertz CT molecular complexity index is 755. The zero-order valence-corrected chi connectivity index (χ0v) is 15.0. The number of rotatable bonds is 3. The molecule has 2 heterocycles. The van der Waals surface area contributed by atoms with Gasteiger partial charge in [0, 0.05) is 49.2 Å². The first kappa shape index (κ1) is 15.9. The molecule has 1 aliphatic heterocycles. The molecule has 1 fully saturated rings. The normalized spacial score (nSPS) is 26.2. The van der Waals surface area contributed by atoms with E-state index in [0.29, 0.717) is 23.0 Å². The predicted molar refractivity (Wildman–Crippen MR) is 102 cm³/mol. The summed E-state index contributed by atoms with van der Waals surface area (Å²) in [5.41, 5.74) is 10.6. The van der Waals surface area contributed by atoms with E-state index in [1.807, 2.05) is 7.05 Å². The van der Waals surface area contributed by atoms with Crippen molar-refractivity contribution in [2.24, 2.45) is 5.92 Å². The molecule has 5 nitrogen and oxygen atoms in total. The topological polar surface area (TPSA) is 55.1 Å². The van der Waals surface area contributed by atoms with Crippen LogP contribution in [0.3, 0.4) is 0 Å². The number of hydrogen-bond donors (Lipinski definition) is 4. The Morgan fingerprint density at radius 3 is 3.12 bits per heavy atom. The molecule has 1 unspecified atom stereocenters. The number of nitrogens with one attached hydrogen (secondary N) is 4. The van der Waals surface area contributed by atoms with Crippen molar-refractivity contribution in [1.82, 2.24) is 26.1 Å². The van der Waals surface area contributed by atoms with Crippen LogP contribution >= 0.6 is 12.2 Å². The van der Waals surface area contributed by atoms with Crippen molar-refractivity contribution >= 4 is 28.2 Å². The van der Waals surface area contributed by atoms with Crippen LogP contribution < -0.4 is 16.2 Å². The molecule has 0 radical (unpaired) electrons. The van der Waals surface area contributed by atoms with Crippen molar-refractivity contribution in [2.45, 2.75) is 24.8 Å². The summed E-state index contributed by atoms with van der Waals surface area (Å²) in [6.07, 6.45) is 4.58. The molecule has 0 amide bonds. The molecular formula is C18H25N5S. The molecule has 128 valence electrons. The maximum absolute atomic E-state index is 5.12. The largest absolute Gasteiger partial charge is 0.365 e. The minimum absolute atomic E-state index is 0.610. The number of benzene rings is 1.